The Morgan fingerprint density at radius 3 is 2.67 bits per heavy atom. The van der Waals surface area contributed by atoms with Gasteiger partial charge < -0.3 is 18.9 Å². The van der Waals surface area contributed by atoms with Crippen LogP contribution >= 0.6 is 55.0 Å². The SMILES string of the molecule is COc1ccc(Br)cc1[C@@H]1C(C(=O)OC(C)C)=C(C)N=c2s/c(=C\c3cc(Br)c(Sc4nc(C)cc(=O)[nH]4)o3)c(=O)n21. The van der Waals surface area contributed by atoms with Gasteiger partial charge in [-0.05, 0) is 79.7 Å². The number of hydrogen-bond acceptors (Lipinski definition) is 10. The molecule has 0 bridgehead atoms. The van der Waals surface area contributed by atoms with Crippen molar-refractivity contribution in [3.63, 3.8) is 0 Å². The van der Waals surface area contributed by atoms with E-state index in [0.717, 1.165) is 16.2 Å². The summed E-state index contributed by atoms with van der Waals surface area (Å²) in [5.74, 6) is 0.338. The summed E-state index contributed by atoms with van der Waals surface area (Å²) in [6, 6.07) is 7.69. The molecular weight excluding hydrogens is 712 g/mol. The average Bonchev–Trinajstić information content (AvgIpc) is 3.39. The van der Waals surface area contributed by atoms with E-state index in [1.165, 1.54) is 29.1 Å². The van der Waals surface area contributed by atoms with Gasteiger partial charge in [0.05, 0.1) is 33.5 Å². The molecule has 0 fully saturated rings. The molecule has 0 radical (unpaired) electrons. The van der Waals surface area contributed by atoms with Crippen molar-refractivity contribution in [2.24, 2.45) is 4.99 Å². The summed E-state index contributed by atoms with van der Waals surface area (Å²) in [4.78, 5) is 51.3. The van der Waals surface area contributed by atoms with Gasteiger partial charge in [-0.15, -0.1) is 0 Å². The highest BCUT2D eigenvalue weighted by Crippen LogP contribution is 2.38. The zero-order valence-corrected chi connectivity index (χ0v) is 27.8. The third-order valence-electron chi connectivity index (χ3n) is 6.06. The van der Waals surface area contributed by atoms with Crippen molar-refractivity contribution in [2.75, 3.05) is 7.11 Å². The van der Waals surface area contributed by atoms with Crippen LogP contribution in [0.1, 0.15) is 43.8 Å². The molecule has 1 aliphatic heterocycles. The minimum atomic E-state index is -0.847. The molecule has 1 aromatic carbocycles. The number of aromatic amines is 1. The highest BCUT2D eigenvalue weighted by atomic mass is 79.9. The Morgan fingerprint density at radius 2 is 1.98 bits per heavy atom. The van der Waals surface area contributed by atoms with E-state index in [1.54, 1.807) is 45.9 Å². The first kappa shape index (κ1) is 30.3. The molecule has 1 N–H and O–H groups in total. The molecule has 1 aliphatic rings. The molecule has 10 nitrogen and oxygen atoms in total. The molecule has 0 unspecified atom stereocenters. The molecule has 1 atom stereocenters. The van der Waals surface area contributed by atoms with Gasteiger partial charge in [0.15, 0.2) is 15.1 Å². The lowest BCUT2D eigenvalue weighted by molar-refractivity contribution is -0.143. The maximum absolute atomic E-state index is 14.0. The average molecular weight is 736 g/mol. The number of aryl methyl sites for hydroxylation is 1. The van der Waals surface area contributed by atoms with E-state index in [0.29, 0.717) is 52.5 Å². The molecule has 0 saturated heterocycles. The number of nitrogens with one attached hydrogen (secondary N) is 1. The van der Waals surface area contributed by atoms with Gasteiger partial charge in [0.1, 0.15) is 17.6 Å². The van der Waals surface area contributed by atoms with Crippen molar-refractivity contribution in [1.82, 2.24) is 14.5 Å². The minimum Gasteiger partial charge on any atom is -0.496 e. The summed E-state index contributed by atoms with van der Waals surface area (Å²) < 4.78 is 20.4. The Bertz CT molecular complexity index is 1990. The molecule has 14 heteroatoms. The van der Waals surface area contributed by atoms with Crippen LogP contribution < -0.4 is 25.2 Å². The summed E-state index contributed by atoms with van der Waals surface area (Å²) in [5.41, 5.74) is 1.24. The smallest absolute Gasteiger partial charge is 0.338 e. The fourth-order valence-electron chi connectivity index (χ4n) is 4.40. The first-order valence-corrected chi connectivity index (χ1v) is 15.8. The lowest BCUT2D eigenvalue weighted by atomic mass is 9.95. The number of halogens is 2. The first-order chi connectivity index (χ1) is 19.9. The zero-order chi connectivity index (χ0) is 30.3. The quantitative estimate of drug-likeness (QED) is 0.211. The molecule has 3 aromatic heterocycles. The summed E-state index contributed by atoms with van der Waals surface area (Å²) in [7, 11) is 1.53. The Morgan fingerprint density at radius 1 is 1.21 bits per heavy atom. The molecule has 4 heterocycles. The number of H-pyrrole nitrogens is 1. The number of carbonyl (C=O) groups excluding carboxylic acids is 1. The van der Waals surface area contributed by atoms with E-state index in [1.807, 2.05) is 12.1 Å². The lowest BCUT2D eigenvalue weighted by Gasteiger charge is -2.26. The summed E-state index contributed by atoms with van der Waals surface area (Å²) >= 11 is 9.31. The molecule has 0 amide bonds. The second kappa shape index (κ2) is 12.2. The third kappa shape index (κ3) is 6.12. The van der Waals surface area contributed by atoms with Crippen LogP contribution in [0.5, 0.6) is 5.75 Å². The number of nitrogens with zero attached hydrogens (tertiary/aromatic N) is 3. The maximum Gasteiger partial charge on any atom is 0.338 e. The number of ether oxygens (including phenoxy) is 2. The third-order valence-corrected chi connectivity index (χ3v) is 9.26. The maximum atomic E-state index is 14.0. The Labute approximate surface area is 264 Å². The summed E-state index contributed by atoms with van der Waals surface area (Å²) in [6.45, 7) is 6.98. The Balaban J connectivity index is 1.64. The molecule has 5 rings (SSSR count). The first-order valence-electron chi connectivity index (χ1n) is 12.6. The highest BCUT2D eigenvalue weighted by Gasteiger charge is 2.35. The van der Waals surface area contributed by atoms with Crippen molar-refractivity contribution in [1.29, 1.82) is 0 Å². The van der Waals surface area contributed by atoms with Gasteiger partial charge in [0.25, 0.3) is 11.1 Å². The Hall–Kier alpha value is -3.20. The number of allylic oxidation sites excluding steroid dienone is 1. The van der Waals surface area contributed by atoms with E-state index in [2.05, 4.69) is 46.8 Å². The number of methoxy groups -OCH3 is 1. The number of rotatable bonds is 7. The van der Waals surface area contributed by atoms with Crippen molar-refractivity contribution < 1.29 is 18.7 Å². The van der Waals surface area contributed by atoms with E-state index in [4.69, 9.17) is 13.9 Å². The molecule has 4 aromatic rings. The van der Waals surface area contributed by atoms with Crippen LogP contribution in [-0.2, 0) is 9.53 Å². The standard InChI is InChI=1S/C28H24Br2N4O6S2/c1-12(2)39-25(37)22-14(4)32-28-34(23(22)17-9-15(29)6-7-19(17)38-5)24(36)20(41-28)11-16-10-18(30)26(40-16)42-27-31-13(3)8-21(35)33-27/h6-12,23H,1-5H3,(H,31,33,35)/b20-11-/t23-/m1/s1. The Kier molecular flexibility index (Phi) is 8.78. The fourth-order valence-corrected chi connectivity index (χ4v) is 7.17. The number of furan rings is 1. The van der Waals surface area contributed by atoms with Crippen molar-refractivity contribution in [3.05, 3.63) is 97.6 Å². The summed E-state index contributed by atoms with van der Waals surface area (Å²) in [6.07, 6.45) is 1.25. The predicted molar refractivity (Wildman–Crippen MR) is 166 cm³/mol. The molecule has 0 spiro atoms. The van der Waals surface area contributed by atoms with Crippen LogP contribution in [0.3, 0.4) is 0 Å². The van der Waals surface area contributed by atoms with E-state index in [-0.39, 0.29) is 22.8 Å². The second-order valence-corrected chi connectivity index (χ2v) is 13.2. The normalized spacial score (nSPS) is 15.1. The highest BCUT2D eigenvalue weighted by molar-refractivity contribution is 9.10. The zero-order valence-electron chi connectivity index (χ0n) is 23.0. The lowest BCUT2D eigenvalue weighted by Crippen LogP contribution is -2.40. The van der Waals surface area contributed by atoms with Crippen LogP contribution in [0.15, 0.2) is 79.8 Å². The number of fused-ring (bicyclic) bond motifs is 1. The van der Waals surface area contributed by atoms with E-state index < -0.39 is 12.0 Å². The second-order valence-electron chi connectivity index (χ2n) is 9.50. The number of aromatic nitrogens is 3. The van der Waals surface area contributed by atoms with Gasteiger partial charge in [-0.2, -0.15) is 0 Å². The summed E-state index contributed by atoms with van der Waals surface area (Å²) in [5, 5.41) is 0.828. The largest absolute Gasteiger partial charge is 0.496 e. The van der Waals surface area contributed by atoms with Crippen LogP contribution in [-0.4, -0.2) is 33.7 Å². The molecule has 0 aliphatic carbocycles. The van der Waals surface area contributed by atoms with Gasteiger partial charge in [-0.1, -0.05) is 27.3 Å². The van der Waals surface area contributed by atoms with Gasteiger partial charge in [-0.25, -0.2) is 14.8 Å². The van der Waals surface area contributed by atoms with E-state index >= 15 is 0 Å². The predicted octanol–water partition coefficient (Wildman–Crippen LogP) is 4.86. The van der Waals surface area contributed by atoms with Crippen LogP contribution in [0.25, 0.3) is 6.08 Å². The monoisotopic (exact) mass is 734 g/mol. The van der Waals surface area contributed by atoms with Gasteiger partial charge in [0.2, 0.25) is 0 Å². The van der Waals surface area contributed by atoms with Gasteiger partial charge in [0, 0.05) is 27.9 Å². The number of thiazole rings is 1. The fraction of sp³-hybridized carbons (Fsp3) is 0.250. The van der Waals surface area contributed by atoms with Crippen LogP contribution in [0.2, 0.25) is 0 Å². The van der Waals surface area contributed by atoms with Crippen molar-refractivity contribution in [2.45, 2.75) is 50.1 Å². The topological polar surface area (TPSA) is 129 Å². The number of esters is 1. The van der Waals surface area contributed by atoms with Crippen LogP contribution in [0, 0.1) is 6.92 Å². The van der Waals surface area contributed by atoms with Crippen molar-refractivity contribution >= 4 is 67.0 Å². The number of hydrogen-bond donors (Lipinski definition) is 1. The molecule has 0 saturated carbocycles. The number of carbonyl (C=O) groups is 1. The minimum absolute atomic E-state index is 0.248. The molecule has 42 heavy (non-hydrogen) atoms. The van der Waals surface area contributed by atoms with Gasteiger partial charge >= 0.3 is 5.97 Å². The molecular formula is C28H24Br2N4O6S2. The molecule has 218 valence electrons. The van der Waals surface area contributed by atoms with Gasteiger partial charge in [-0.3, -0.25) is 14.2 Å². The van der Waals surface area contributed by atoms with Crippen molar-refractivity contribution in [3.8, 4) is 5.75 Å². The number of benzene rings is 1. The van der Waals surface area contributed by atoms with E-state index in [9.17, 15) is 14.4 Å². The van der Waals surface area contributed by atoms with Crippen LogP contribution in [0.4, 0.5) is 0 Å².